The summed E-state index contributed by atoms with van der Waals surface area (Å²) < 4.78 is 10.3. The van der Waals surface area contributed by atoms with Crippen LogP contribution in [0.4, 0.5) is 0 Å². The fourth-order valence-corrected chi connectivity index (χ4v) is 3.02. The summed E-state index contributed by atoms with van der Waals surface area (Å²) in [5, 5.41) is 0.977. The van der Waals surface area contributed by atoms with E-state index in [1.807, 2.05) is 24.3 Å². The Morgan fingerprint density at radius 2 is 2.00 bits per heavy atom. The maximum absolute atomic E-state index is 5.72. The van der Waals surface area contributed by atoms with E-state index in [2.05, 4.69) is 4.98 Å². The molecule has 0 bridgehead atoms. The van der Waals surface area contributed by atoms with Gasteiger partial charge >= 0.3 is 0 Å². The highest BCUT2D eigenvalue weighted by molar-refractivity contribution is 7.81. The Labute approximate surface area is 127 Å². The molecule has 0 aliphatic heterocycles. The van der Waals surface area contributed by atoms with Crippen molar-refractivity contribution in [3.05, 3.63) is 45.4 Å². The number of nitrogens with two attached hydrogens (primary N) is 1. The van der Waals surface area contributed by atoms with Crippen LogP contribution < -0.4 is 10.5 Å². The van der Waals surface area contributed by atoms with Crippen LogP contribution in [0.2, 0.25) is 0 Å². The number of benzene rings is 1. The lowest BCUT2D eigenvalue weighted by Crippen LogP contribution is -2.10. The number of nitrogens with zero attached hydrogens (tertiary/aromatic N) is 1. The van der Waals surface area contributed by atoms with Gasteiger partial charge in [0.25, 0.3) is 0 Å². The van der Waals surface area contributed by atoms with Gasteiger partial charge in [-0.25, -0.2) is 4.98 Å². The monoisotopic (exact) mass is 308 g/mol. The molecule has 0 saturated carbocycles. The first-order valence-corrected chi connectivity index (χ1v) is 7.26. The van der Waals surface area contributed by atoms with Gasteiger partial charge in [0.15, 0.2) is 0 Å². The Hall–Kier alpha value is -1.50. The molecule has 0 saturated heterocycles. The minimum atomic E-state index is 0.371. The minimum Gasteiger partial charge on any atom is -0.497 e. The zero-order chi connectivity index (χ0) is 14.5. The van der Waals surface area contributed by atoms with Crippen LogP contribution in [-0.4, -0.2) is 24.2 Å². The van der Waals surface area contributed by atoms with Crippen molar-refractivity contribution < 1.29 is 9.47 Å². The second kappa shape index (κ2) is 6.78. The summed E-state index contributed by atoms with van der Waals surface area (Å²) in [7, 11) is 3.28. The molecule has 2 rings (SSSR count). The molecule has 2 aromatic rings. The third kappa shape index (κ3) is 3.53. The molecular weight excluding hydrogens is 292 g/mol. The van der Waals surface area contributed by atoms with E-state index in [1.165, 1.54) is 11.3 Å². The number of aromatic nitrogens is 1. The molecule has 20 heavy (non-hydrogen) atoms. The molecule has 106 valence electrons. The summed E-state index contributed by atoms with van der Waals surface area (Å²) in [6.45, 7) is 0.422. The van der Waals surface area contributed by atoms with Gasteiger partial charge in [0.05, 0.1) is 29.3 Å². The highest BCUT2D eigenvalue weighted by Crippen LogP contribution is 2.23. The van der Waals surface area contributed by atoms with Gasteiger partial charge in [0, 0.05) is 13.5 Å². The van der Waals surface area contributed by atoms with E-state index in [4.69, 9.17) is 27.4 Å². The van der Waals surface area contributed by atoms with E-state index in [0.717, 1.165) is 33.3 Å². The predicted molar refractivity (Wildman–Crippen MR) is 84.5 cm³/mol. The zero-order valence-corrected chi connectivity index (χ0v) is 13.0. The van der Waals surface area contributed by atoms with Crippen LogP contribution in [0.3, 0.4) is 0 Å². The highest BCUT2D eigenvalue weighted by atomic mass is 32.1. The van der Waals surface area contributed by atoms with E-state index in [9.17, 15) is 0 Å². The van der Waals surface area contributed by atoms with Gasteiger partial charge in [-0.05, 0) is 17.7 Å². The van der Waals surface area contributed by atoms with Gasteiger partial charge in [-0.1, -0.05) is 24.4 Å². The summed E-state index contributed by atoms with van der Waals surface area (Å²) in [6.07, 6.45) is 0.744. The van der Waals surface area contributed by atoms with Crippen LogP contribution in [0.25, 0.3) is 0 Å². The van der Waals surface area contributed by atoms with Crippen molar-refractivity contribution in [2.45, 2.75) is 13.0 Å². The maximum atomic E-state index is 5.72. The molecule has 6 heteroatoms. The number of thiocarbonyl (C=S) groups is 1. The number of thiazole rings is 1. The maximum Gasteiger partial charge on any atom is 0.118 e. The molecule has 0 aliphatic carbocycles. The van der Waals surface area contributed by atoms with Crippen molar-refractivity contribution in [1.29, 1.82) is 0 Å². The van der Waals surface area contributed by atoms with Crippen molar-refractivity contribution in [1.82, 2.24) is 4.98 Å². The zero-order valence-electron chi connectivity index (χ0n) is 11.4. The van der Waals surface area contributed by atoms with Gasteiger partial charge < -0.3 is 15.2 Å². The van der Waals surface area contributed by atoms with Gasteiger partial charge in [-0.2, -0.15) is 0 Å². The van der Waals surface area contributed by atoms with Crippen LogP contribution in [0.5, 0.6) is 5.75 Å². The van der Waals surface area contributed by atoms with Crippen molar-refractivity contribution in [2.24, 2.45) is 5.73 Å². The first kappa shape index (κ1) is 14.9. The Bertz CT molecular complexity index is 594. The van der Waals surface area contributed by atoms with Gasteiger partial charge in [0.2, 0.25) is 0 Å². The number of ether oxygens (including phenoxy) is 2. The van der Waals surface area contributed by atoms with Crippen LogP contribution in [0.15, 0.2) is 24.3 Å². The lowest BCUT2D eigenvalue weighted by molar-refractivity contribution is 0.182. The highest BCUT2D eigenvalue weighted by Gasteiger charge is 2.13. The minimum absolute atomic E-state index is 0.371. The van der Waals surface area contributed by atoms with E-state index < -0.39 is 0 Å². The fourth-order valence-electron chi connectivity index (χ4n) is 1.82. The number of rotatable bonds is 6. The molecule has 0 spiro atoms. The molecule has 2 N–H and O–H groups in total. The van der Waals surface area contributed by atoms with Crippen molar-refractivity contribution in [2.75, 3.05) is 14.2 Å². The van der Waals surface area contributed by atoms with Crippen LogP contribution in [-0.2, 0) is 17.8 Å². The predicted octanol–water partition coefficient (Wildman–Crippen LogP) is 2.52. The molecule has 1 aromatic carbocycles. The summed E-state index contributed by atoms with van der Waals surface area (Å²) in [5.74, 6) is 0.844. The van der Waals surface area contributed by atoms with Crippen LogP contribution in [0, 0.1) is 0 Å². The molecule has 0 atom stereocenters. The quantitative estimate of drug-likeness (QED) is 0.831. The molecule has 4 nitrogen and oxygen atoms in total. The Morgan fingerprint density at radius 1 is 1.30 bits per heavy atom. The average Bonchev–Trinajstić information content (AvgIpc) is 2.83. The fraction of sp³-hybridized carbons (Fsp3) is 0.286. The number of methoxy groups -OCH3 is 2. The SMILES string of the molecule is COCc1nc(Cc2ccc(OC)cc2)sc1C(N)=S. The normalized spacial score (nSPS) is 10.5. The second-order valence-corrected chi connectivity index (χ2v) is 5.73. The number of hydrogen-bond acceptors (Lipinski definition) is 5. The topological polar surface area (TPSA) is 57.4 Å². The van der Waals surface area contributed by atoms with Crippen LogP contribution in [0.1, 0.15) is 21.1 Å². The molecule has 1 heterocycles. The van der Waals surface area contributed by atoms with Crippen LogP contribution >= 0.6 is 23.6 Å². The van der Waals surface area contributed by atoms with Crippen molar-refractivity contribution >= 4 is 28.5 Å². The molecular formula is C14H16N2O2S2. The smallest absolute Gasteiger partial charge is 0.118 e. The van der Waals surface area contributed by atoms with E-state index >= 15 is 0 Å². The summed E-state index contributed by atoms with van der Waals surface area (Å²) >= 11 is 6.57. The summed E-state index contributed by atoms with van der Waals surface area (Å²) in [6, 6.07) is 7.92. The Morgan fingerprint density at radius 3 is 2.55 bits per heavy atom. The average molecular weight is 308 g/mol. The molecule has 0 aliphatic rings. The van der Waals surface area contributed by atoms with E-state index in [0.29, 0.717) is 11.6 Å². The number of hydrogen-bond donors (Lipinski definition) is 1. The van der Waals surface area contributed by atoms with Crippen molar-refractivity contribution in [3.8, 4) is 5.75 Å². The second-order valence-electron chi connectivity index (χ2n) is 4.21. The third-order valence-corrected chi connectivity index (χ3v) is 4.23. The first-order chi connectivity index (χ1) is 9.63. The first-order valence-electron chi connectivity index (χ1n) is 6.04. The van der Waals surface area contributed by atoms with Gasteiger partial charge in [0.1, 0.15) is 10.7 Å². The van der Waals surface area contributed by atoms with E-state index in [-0.39, 0.29) is 0 Å². The Balaban J connectivity index is 2.19. The van der Waals surface area contributed by atoms with Gasteiger partial charge in [-0.15, -0.1) is 11.3 Å². The van der Waals surface area contributed by atoms with Crippen molar-refractivity contribution in [3.63, 3.8) is 0 Å². The summed E-state index contributed by atoms with van der Waals surface area (Å²) in [5.41, 5.74) is 7.70. The van der Waals surface area contributed by atoms with Gasteiger partial charge in [-0.3, -0.25) is 0 Å². The third-order valence-electron chi connectivity index (χ3n) is 2.76. The molecule has 0 fully saturated rings. The lowest BCUT2D eigenvalue weighted by Gasteiger charge is -2.01. The Kier molecular flexibility index (Phi) is 5.05. The molecule has 1 aromatic heterocycles. The molecule has 0 amide bonds. The summed E-state index contributed by atoms with van der Waals surface area (Å²) in [4.78, 5) is 5.76. The molecule has 0 unspecified atom stereocenters. The molecule has 0 radical (unpaired) electrons. The standard InChI is InChI=1S/C14H16N2O2S2/c1-17-8-11-13(14(15)19)20-12(16-11)7-9-3-5-10(18-2)6-4-9/h3-6H,7-8H2,1-2H3,(H2,15,19). The lowest BCUT2D eigenvalue weighted by atomic mass is 10.1. The largest absolute Gasteiger partial charge is 0.497 e. The van der Waals surface area contributed by atoms with E-state index in [1.54, 1.807) is 14.2 Å².